The summed E-state index contributed by atoms with van der Waals surface area (Å²) in [5.74, 6) is 0.926. The number of carbonyl (C=O) groups is 1. The minimum atomic E-state index is 0. The van der Waals surface area contributed by atoms with Crippen molar-refractivity contribution in [1.29, 1.82) is 0 Å². The fourth-order valence-corrected chi connectivity index (χ4v) is 3.91. The Labute approximate surface area is 147 Å². The largest absolute Gasteiger partial charge is 0.339 e. The van der Waals surface area contributed by atoms with Gasteiger partial charge in [-0.15, -0.1) is 12.4 Å². The van der Waals surface area contributed by atoms with Gasteiger partial charge >= 0.3 is 0 Å². The lowest BCUT2D eigenvalue weighted by Crippen LogP contribution is -2.43. The van der Waals surface area contributed by atoms with Crippen molar-refractivity contribution in [2.75, 3.05) is 19.6 Å². The number of rotatable bonds is 2. The molecule has 22 heavy (non-hydrogen) atoms. The minimum absolute atomic E-state index is 0. The van der Waals surface area contributed by atoms with Gasteiger partial charge in [-0.1, -0.05) is 22.0 Å². The highest BCUT2D eigenvalue weighted by atomic mass is 79.9. The molecule has 2 aliphatic heterocycles. The maximum absolute atomic E-state index is 12.6. The lowest BCUT2D eigenvalue weighted by molar-refractivity contribution is 0.0674. The molecule has 0 aliphatic carbocycles. The van der Waals surface area contributed by atoms with E-state index in [4.69, 9.17) is 0 Å². The molecule has 122 valence electrons. The van der Waals surface area contributed by atoms with E-state index in [0.717, 1.165) is 47.4 Å². The molecular weight excluding hydrogens is 364 g/mol. The molecular formula is C17H24BrClN2O. The predicted molar refractivity (Wildman–Crippen MR) is 95.8 cm³/mol. The molecule has 1 atom stereocenters. The highest BCUT2D eigenvalue weighted by Gasteiger charge is 2.30. The molecule has 3 rings (SSSR count). The van der Waals surface area contributed by atoms with Gasteiger partial charge in [0.15, 0.2) is 0 Å². The van der Waals surface area contributed by atoms with Crippen LogP contribution >= 0.6 is 28.3 Å². The molecule has 2 fully saturated rings. The average Bonchev–Trinajstić information content (AvgIpc) is 3.04. The zero-order chi connectivity index (χ0) is 14.8. The Kier molecular flexibility index (Phi) is 6.30. The molecule has 1 aromatic rings. The van der Waals surface area contributed by atoms with Crippen LogP contribution in [0, 0.1) is 12.8 Å². The van der Waals surface area contributed by atoms with Crippen molar-refractivity contribution < 1.29 is 4.79 Å². The molecule has 0 bridgehead atoms. The highest BCUT2D eigenvalue weighted by molar-refractivity contribution is 9.10. The number of hydrogen-bond acceptors (Lipinski definition) is 2. The summed E-state index contributed by atoms with van der Waals surface area (Å²) in [6.45, 7) is 5.00. The molecule has 0 aromatic heterocycles. The standard InChI is InChI=1S/C17H23BrN2O.ClH/c1-12-4-5-14(11-15(12)18)17(21)20-9-6-13(7-10-20)16-3-2-8-19-16;/h4-5,11,13,16,19H,2-3,6-10H2,1H3;1H. The van der Waals surface area contributed by atoms with Crippen molar-refractivity contribution >= 4 is 34.2 Å². The zero-order valence-corrected chi connectivity index (χ0v) is 15.4. The third kappa shape index (κ3) is 3.84. The van der Waals surface area contributed by atoms with Gasteiger partial charge in [0.1, 0.15) is 0 Å². The molecule has 3 nitrogen and oxygen atoms in total. The number of benzene rings is 1. The SMILES string of the molecule is Cc1ccc(C(=O)N2CCC(C3CCCN3)CC2)cc1Br.Cl. The van der Waals surface area contributed by atoms with Crippen LogP contribution in [0.4, 0.5) is 0 Å². The summed E-state index contributed by atoms with van der Waals surface area (Å²) in [4.78, 5) is 14.6. The number of aryl methyl sites for hydroxylation is 1. The summed E-state index contributed by atoms with van der Waals surface area (Å²) in [5.41, 5.74) is 1.96. The first-order valence-corrected chi connectivity index (χ1v) is 8.73. The highest BCUT2D eigenvalue weighted by Crippen LogP contribution is 2.27. The third-order valence-electron chi connectivity index (χ3n) is 4.91. The van der Waals surface area contributed by atoms with Gasteiger partial charge in [0.25, 0.3) is 5.91 Å². The smallest absolute Gasteiger partial charge is 0.253 e. The molecule has 5 heteroatoms. The van der Waals surface area contributed by atoms with Gasteiger partial charge in [-0.3, -0.25) is 4.79 Å². The predicted octanol–water partition coefficient (Wildman–Crippen LogP) is 3.78. The van der Waals surface area contributed by atoms with E-state index in [2.05, 4.69) is 21.2 Å². The van der Waals surface area contributed by atoms with Gasteiger partial charge in [-0.25, -0.2) is 0 Å². The first kappa shape index (κ1) is 17.8. The molecule has 0 saturated carbocycles. The van der Waals surface area contributed by atoms with E-state index in [1.165, 1.54) is 19.4 Å². The Hall–Kier alpha value is -0.580. The van der Waals surface area contributed by atoms with Crippen molar-refractivity contribution in [2.24, 2.45) is 5.92 Å². The van der Waals surface area contributed by atoms with E-state index < -0.39 is 0 Å². The van der Waals surface area contributed by atoms with Crippen LogP contribution in [-0.4, -0.2) is 36.5 Å². The maximum Gasteiger partial charge on any atom is 0.253 e. The third-order valence-corrected chi connectivity index (χ3v) is 5.77. The van der Waals surface area contributed by atoms with Gasteiger partial charge in [0.05, 0.1) is 0 Å². The molecule has 2 heterocycles. The molecule has 1 unspecified atom stereocenters. The molecule has 0 spiro atoms. The van der Waals surface area contributed by atoms with Crippen molar-refractivity contribution in [3.8, 4) is 0 Å². The number of piperidine rings is 1. The van der Waals surface area contributed by atoms with E-state index in [9.17, 15) is 4.79 Å². The monoisotopic (exact) mass is 386 g/mol. The summed E-state index contributed by atoms with van der Waals surface area (Å²) in [7, 11) is 0. The van der Waals surface area contributed by atoms with Gasteiger partial charge in [-0.05, 0) is 62.8 Å². The number of nitrogens with one attached hydrogen (secondary N) is 1. The first-order valence-electron chi connectivity index (χ1n) is 7.94. The second-order valence-electron chi connectivity index (χ2n) is 6.30. The zero-order valence-electron chi connectivity index (χ0n) is 13.0. The van der Waals surface area contributed by atoms with E-state index in [-0.39, 0.29) is 18.3 Å². The summed E-state index contributed by atoms with van der Waals surface area (Å²) < 4.78 is 1.01. The van der Waals surface area contributed by atoms with Crippen LogP contribution in [0.2, 0.25) is 0 Å². The molecule has 2 saturated heterocycles. The fraction of sp³-hybridized carbons (Fsp3) is 0.588. The molecule has 1 amide bonds. The maximum atomic E-state index is 12.6. The molecule has 2 aliphatic rings. The van der Waals surface area contributed by atoms with Crippen molar-refractivity contribution in [2.45, 2.75) is 38.6 Å². The van der Waals surface area contributed by atoms with Crippen LogP contribution in [0.5, 0.6) is 0 Å². The number of carbonyl (C=O) groups excluding carboxylic acids is 1. The molecule has 1 aromatic carbocycles. The first-order chi connectivity index (χ1) is 10.1. The van der Waals surface area contributed by atoms with E-state index in [0.29, 0.717) is 6.04 Å². The van der Waals surface area contributed by atoms with Gasteiger partial charge in [0.2, 0.25) is 0 Å². The van der Waals surface area contributed by atoms with Gasteiger partial charge in [-0.2, -0.15) is 0 Å². The Balaban J connectivity index is 0.00000176. The van der Waals surface area contributed by atoms with E-state index in [1.807, 2.05) is 30.0 Å². The Morgan fingerprint density at radius 3 is 2.59 bits per heavy atom. The van der Waals surface area contributed by atoms with Crippen LogP contribution < -0.4 is 5.32 Å². The number of amides is 1. The normalized spacial score (nSPS) is 22.5. The Bertz CT molecular complexity index is 523. The quantitative estimate of drug-likeness (QED) is 0.837. The van der Waals surface area contributed by atoms with Crippen LogP contribution in [0.3, 0.4) is 0 Å². The van der Waals surface area contributed by atoms with Gasteiger partial charge < -0.3 is 10.2 Å². The summed E-state index contributed by atoms with van der Waals surface area (Å²) >= 11 is 3.51. The number of nitrogens with zero attached hydrogens (tertiary/aromatic N) is 1. The summed E-state index contributed by atoms with van der Waals surface area (Å²) in [5, 5.41) is 3.61. The second kappa shape index (κ2) is 7.80. The topological polar surface area (TPSA) is 32.3 Å². The minimum Gasteiger partial charge on any atom is -0.339 e. The average molecular weight is 388 g/mol. The van der Waals surface area contributed by atoms with E-state index in [1.54, 1.807) is 0 Å². The molecule has 1 N–H and O–H groups in total. The van der Waals surface area contributed by atoms with E-state index >= 15 is 0 Å². The molecule has 0 radical (unpaired) electrons. The summed E-state index contributed by atoms with van der Waals surface area (Å²) in [6.07, 6.45) is 4.89. The lowest BCUT2D eigenvalue weighted by atomic mass is 9.88. The van der Waals surface area contributed by atoms with Crippen molar-refractivity contribution in [3.63, 3.8) is 0 Å². The van der Waals surface area contributed by atoms with Gasteiger partial charge in [0, 0.05) is 29.2 Å². The van der Waals surface area contributed by atoms with Crippen LogP contribution in [0.1, 0.15) is 41.6 Å². The Morgan fingerprint density at radius 1 is 1.27 bits per heavy atom. The van der Waals surface area contributed by atoms with Crippen molar-refractivity contribution in [3.05, 3.63) is 33.8 Å². The summed E-state index contributed by atoms with van der Waals surface area (Å²) in [6, 6.07) is 6.58. The Morgan fingerprint density at radius 2 is 2.00 bits per heavy atom. The number of hydrogen-bond donors (Lipinski definition) is 1. The number of likely N-dealkylation sites (tertiary alicyclic amines) is 1. The lowest BCUT2D eigenvalue weighted by Gasteiger charge is -2.35. The van der Waals surface area contributed by atoms with Crippen molar-refractivity contribution in [1.82, 2.24) is 10.2 Å². The van der Waals surface area contributed by atoms with Crippen LogP contribution in [-0.2, 0) is 0 Å². The fourth-order valence-electron chi connectivity index (χ4n) is 3.53. The number of halogens is 2. The van der Waals surface area contributed by atoms with Crippen LogP contribution in [0.15, 0.2) is 22.7 Å². The van der Waals surface area contributed by atoms with Crippen LogP contribution in [0.25, 0.3) is 0 Å². The second-order valence-corrected chi connectivity index (χ2v) is 7.15.